The number of nitrogens with zero attached hydrogens (tertiary/aromatic N) is 4. The van der Waals surface area contributed by atoms with Crippen LogP contribution in [-0.4, -0.2) is 30.2 Å². The van der Waals surface area contributed by atoms with Crippen LogP contribution in [0, 0.1) is 17.7 Å². The van der Waals surface area contributed by atoms with E-state index in [9.17, 15) is 9.50 Å². The summed E-state index contributed by atoms with van der Waals surface area (Å²) in [6.07, 6.45) is 3.25. The van der Waals surface area contributed by atoms with Crippen molar-refractivity contribution in [3.8, 4) is 23.2 Å². The van der Waals surface area contributed by atoms with Crippen molar-refractivity contribution in [3.05, 3.63) is 35.9 Å². The molecule has 2 aromatic heterocycles. The molecule has 1 aromatic carbocycles. The molecule has 0 saturated heterocycles. The van der Waals surface area contributed by atoms with Crippen LogP contribution < -0.4 is 5.73 Å². The lowest BCUT2D eigenvalue weighted by atomic mass is 10.0. The predicted octanol–water partition coefficient (Wildman–Crippen LogP) is 2.89. The van der Waals surface area contributed by atoms with E-state index in [-0.39, 0.29) is 17.5 Å². The number of nitrogen functional groups attached to an aromatic ring is 1. The van der Waals surface area contributed by atoms with E-state index in [2.05, 4.69) is 26.8 Å². The quantitative estimate of drug-likeness (QED) is 0.682. The minimum Gasteiger partial charge on any atom is -0.382 e. The summed E-state index contributed by atoms with van der Waals surface area (Å²) >= 11 is 0. The number of aliphatic hydroxyl groups is 1. The van der Waals surface area contributed by atoms with Crippen molar-refractivity contribution in [2.24, 2.45) is 0 Å². The number of hydrogen-bond donors (Lipinski definition) is 2. The second-order valence-corrected chi connectivity index (χ2v) is 6.78. The van der Waals surface area contributed by atoms with Crippen molar-refractivity contribution in [1.29, 1.82) is 0 Å². The number of fused-ring (bicyclic) bond motifs is 1. The molecule has 1 fully saturated rings. The Kier molecular flexibility index (Phi) is 4.28. The molecule has 6 nitrogen and oxygen atoms in total. The van der Waals surface area contributed by atoms with E-state index >= 15 is 0 Å². The summed E-state index contributed by atoms with van der Waals surface area (Å²) in [7, 11) is 0. The number of halogens is 1. The maximum absolute atomic E-state index is 13.6. The fourth-order valence-electron chi connectivity index (χ4n) is 3.48. The Hall–Kier alpha value is -2.98. The molecule has 138 valence electrons. The van der Waals surface area contributed by atoms with Gasteiger partial charge in [-0.3, -0.25) is 0 Å². The minimum atomic E-state index is -0.967. The van der Waals surface area contributed by atoms with Crippen molar-refractivity contribution in [1.82, 2.24) is 19.5 Å². The fourth-order valence-corrected chi connectivity index (χ4v) is 3.48. The number of imidazole rings is 1. The summed E-state index contributed by atoms with van der Waals surface area (Å²) in [5.41, 5.74) is 6.77. The van der Waals surface area contributed by atoms with Gasteiger partial charge < -0.3 is 15.4 Å². The molecule has 1 aliphatic carbocycles. The van der Waals surface area contributed by atoms with Gasteiger partial charge >= 0.3 is 0 Å². The third-order valence-corrected chi connectivity index (χ3v) is 4.86. The Bertz CT molecular complexity index is 1070. The maximum Gasteiger partial charge on any atom is 0.209 e. The zero-order chi connectivity index (χ0) is 19.0. The van der Waals surface area contributed by atoms with Gasteiger partial charge in [-0.25, -0.2) is 19.3 Å². The second kappa shape index (κ2) is 6.63. The molecule has 2 heterocycles. The molecule has 0 atom stereocenters. The average Bonchev–Trinajstić information content (AvgIpc) is 3.24. The predicted molar refractivity (Wildman–Crippen MR) is 101 cm³/mol. The number of rotatable bonds is 2. The van der Waals surface area contributed by atoms with Crippen molar-refractivity contribution in [2.75, 3.05) is 5.73 Å². The maximum atomic E-state index is 13.6. The molecule has 0 spiro atoms. The van der Waals surface area contributed by atoms with Crippen LogP contribution in [0.15, 0.2) is 24.3 Å². The molecular formula is C20H20FN5O. The van der Waals surface area contributed by atoms with Crippen LogP contribution in [0.1, 0.15) is 38.4 Å². The summed E-state index contributed by atoms with van der Waals surface area (Å²) in [5, 5.41) is 10.4. The van der Waals surface area contributed by atoms with Gasteiger partial charge in [-0.2, -0.15) is 0 Å². The number of aromatic nitrogens is 4. The largest absolute Gasteiger partial charge is 0.382 e. The van der Waals surface area contributed by atoms with Crippen LogP contribution in [0.3, 0.4) is 0 Å². The van der Waals surface area contributed by atoms with Crippen LogP contribution in [0.4, 0.5) is 10.2 Å². The van der Waals surface area contributed by atoms with Crippen molar-refractivity contribution < 1.29 is 9.50 Å². The first kappa shape index (κ1) is 17.4. The van der Waals surface area contributed by atoms with Gasteiger partial charge in [0, 0.05) is 12.1 Å². The summed E-state index contributed by atoms with van der Waals surface area (Å²) in [6, 6.07) is 6.24. The molecule has 0 amide bonds. The molecule has 27 heavy (non-hydrogen) atoms. The summed E-state index contributed by atoms with van der Waals surface area (Å²) in [4.78, 5) is 13.3. The monoisotopic (exact) mass is 365 g/mol. The van der Waals surface area contributed by atoms with Crippen LogP contribution in [0.2, 0.25) is 0 Å². The summed E-state index contributed by atoms with van der Waals surface area (Å²) < 4.78 is 15.5. The normalized spacial score (nSPS) is 15.7. The Morgan fingerprint density at radius 3 is 2.74 bits per heavy atom. The van der Waals surface area contributed by atoms with Crippen molar-refractivity contribution in [2.45, 2.75) is 44.8 Å². The van der Waals surface area contributed by atoms with Gasteiger partial charge in [-0.05, 0) is 50.7 Å². The van der Waals surface area contributed by atoms with Gasteiger partial charge in [0.15, 0.2) is 17.0 Å². The van der Waals surface area contributed by atoms with Gasteiger partial charge in [0.25, 0.3) is 0 Å². The first-order chi connectivity index (χ1) is 13.0. The lowest BCUT2D eigenvalue weighted by molar-refractivity contribution is 0.110. The number of hydrogen-bond acceptors (Lipinski definition) is 5. The Morgan fingerprint density at radius 1 is 1.26 bits per heavy atom. The standard InChI is InChI=1S/C20H20FN5O/c1-2-26-18(13-6-5-7-14(21)12-13)25-16-17(22)23-15(24-19(16)26)8-11-20(27)9-3-4-10-20/h5-7,12,27H,2-4,9-10H2,1H3,(H2,22,23,24). The number of nitrogens with two attached hydrogens (primary N) is 1. The van der Waals surface area contributed by atoms with E-state index < -0.39 is 5.60 Å². The Balaban J connectivity index is 1.83. The van der Waals surface area contributed by atoms with Gasteiger partial charge in [-0.1, -0.05) is 18.1 Å². The van der Waals surface area contributed by atoms with Crippen LogP contribution in [0.25, 0.3) is 22.6 Å². The zero-order valence-corrected chi connectivity index (χ0v) is 15.0. The van der Waals surface area contributed by atoms with E-state index in [1.807, 2.05) is 11.5 Å². The molecule has 0 unspecified atom stereocenters. The first-order valence-electron chi connectivity index (χ1n) is 9.04. The van der Waals surface area contributed by atoms with Gasteiger partial charge in [0.2, 0.25) is 5.82 Å². The zero-order valence-electron chi connectivity index (χ0n) is 15.0. The fraction of sp³-hybridized carbons (Fsp3) is 0.350. The summed E-state index contributed by atoms with van der Waals surface area (Å²) in [6.45, 7) is 2.53. The van der Waals surface area contributed by atoms with Crippen molar-refractivity contribution in [3.63, 3.8) is 0 Å². The second-order valence-electron chi connectivity index (χ2n) is 6.78. The van der Waals surface area contributed by atoms with E-state index in [4.69, 9.17) is 5.73 Å². The molecular weight excluding hydrogens is 345 g/mol. The highest BCUT2D eigenvalue weighted by Gasteiger charge is 2.28. The molecule has 0 radical (unpaired) electrons. The molecule has 1 saturated carbocycles. The van der Waals surface area contributed by atoms with E-state index in [0.717, 1.165) is 12.8 Å². The molecule has 0 aliphatic heterocycles. The molecule has 1 aliphatic rings. The molecule has 0 bridgehead atoms. The van der Waals surface area contributed by atoms with E-state index in [0.29, 0.717) is 41.9 Å². The molecule has 3 N–H and O–H groups in total. The van der Waals surface area contributed by atoms with Crippen LogP contribution in [-0.2, 0) is 6.54 Å². The highest BCUT2D eigenvalue weighted by molar-refractivity contribution is 5.85. The van der Waals surface area contributed by atoms with Crippen LogP contribution in [0.5, 0.6) is 0 Å². The average molecular weight is 365 g/mol. The number of anilines is 1. The first-order valence-corrected chi connectivity index (χ1v) is 9.04. The highest BCUT2D eigenvalue weighted by Crippen LogP contribution is 2.29. The third kappa shape index (κ3) is 3.24. The van der Waals surface area contributed by atoms with Crippen LogP contribution >= 0.6 is 0 Å². The third-order valence-electron chi connectivity index (χ3n) is 4.86. The number of benzene rings is 1. The summed E-state index contributed by atoms with van der Waals surface area (Å²) in [5.74, 6) is 6.47. The molecule has 3 aromatic rings. The molecule has 4 rings (SSSR count). The van der Waals surface area contributed by atoms with Crippen molar-refractivity contribution >= 4 is 17.0 Å². The SMILES string of the molecule is CCn1c(-c2cccc(F)c2)nc2c(N)nc(C#CC3(O)CCCC3)nc21. The van der Waals surface area contributed by atoms with Gasteiger partial charge in [0.1, 0.15) is 17.2 Å². The highest BCUT2D eigenvalue weighted by atomic mass is 19.1. The lowest BCUT2D eigenvalue weighted by Gasteiger charge is -2.12. The smallest absolute Gasteiger partial charge is 0.209 e. The van der Waals surface area contributed by atoms with E-state index in [1.165, 1.54) is 12.1 Å². The van der Waals surface area contributed by atoms with Gasteiger partial charge in [-0.15, -0.1) is 0 Å². The molecule has 7 heteroatoms. The topological polar surface area (TPSA) is 89.9 Å². The Labute approximate surface area is 156 Å². The lowest BCUT2D eigenvalue weighted by Crippen LogP contribution is -2.20. The van der Waals surface area contributed by atoms with Gasteiger partial charge in [0.05, 0.1) is 0 Å². The Morgan fingerprint density at radius 2 is 2.04 bits per heavy atom. The minimum absolute atomic E-state index is 0.215. The van der Waals surface area contributed by atoms with E-state index in [1.54, 1.807) is 12.1 Å². The number of aryl methyl sites for hydroxylation is 1.